The van der Waals surface area contributed by atoms with Gasteiger partial charge in [-0.2, -0.15) is 0 Å². The fourth-order valence-electron chi connectivity index (χ4n) is 4.42. The molecule has 2 aromatic heterocycles. The molecule has 0 fully saturated rings. The number of benzene rings is 3. The lowest BCUT2D eigenvalue weighted by Crippen LogP contribution is -1.95. The Morgan fingerprint density at radius 1 is 0.548 bits per heavy atom. The largest absolute Gasteiger partial charge is 0.281 e. The van der Waals surface area contributed by atoms with Gasteiger partial charge in [-0.05, 0) is 50.5 Å². The molecule has 0 unspecified atom stereocenters. The molecule has 0 aliphatic carbocycles. The van der Waals surface area contributed by atoms with E-state index >= 15 is 0 Å². The summed E-state index contributed by atoms with van der Waals surface area (Å²) in [6, 6.07) is 25.9. The van der Waals surface area contributed by atoms with Crippen LogP contribution >= 0.6 is 0 Å². The zero-order chi connectivity index (χ0) is 21.5. The van der Waals surface area contributed by atoms with Crippen molar-refractivity contribution in [2.24, 2.45) is 0 Å². The molecule has 0 bridgehead atoms. The zero-order valence-corrected chi connectivity index (χ0v) is 18.3. The topological polar surface area (TPSA) is 30.2 Å². The molecule has 5 rings (SSSR count). The predicted molar refractivity (Wildman–Crippen MR) is 128 cm³/mol. The van der Waals surface area contributed by atoms with Crippen LogP contribution in [0.25, 0.3) is 39.3 Å². The molecule has 3 aromatic carbocycles. The summed E-state index contributed by atoms with van der Waals surface area (Å²) < 4.78 is 2.13. The van der Waals surface area contributed by atoms with E-state index in [1.807, 2.05) is 18.2 Å². The van der Waals surface area contributed by atoms with Crippen molar-refractivity contribution in [2.75, 3.05) is 0 Å². The van der Waals surface area contributed by atoms with Crippen molar-refractivity contribution in [1.82, 2.24) is 14.6 Å². The van der Waals surface area contributed by atoms with Crippen LogP contribution in [0.1, 0.15) is 22.3 Å². The van der Waals surface area contributed by atoms with Crippen LogP contribution in [0.15, 0.2) is 79.0 Å². The van der Waals surface area contributed by atoms with Crippen LogP contribution in [0, 0.1) is 27.7 Å². The van der Waals surface area contributed by atoms with Crippen LogP contribution in [-0.4, -0.2) is 14.6 Å². The van der Waals surface area contributed by atoms with Gasteiger partial charge in [0.05, 0.1) is 0 Å². The van der Waals surface area contributed by atoms with Crippen LogP contribution < -0.4 is 0 Å². The van der Waals surface area contributed by atoms with Crippen molar-refractivity contribution < 1.29 is 0 Å². The van der Waals surface area contributed by atoms with Crippen molar-refractivity contribution in [3.63, 3.8) is 0 Å². The lowest BCUT2D eigenvalue weighted by molar-refractivity contribution is 1.11. The molecule has 2 heterocycles. The highest BCUT2D eigenvalue weighted by molar-refractivity contribution is 5.84. The van der Waals surface area contributed by atoms with Gasteiger partial charge in [0.15, 0.2) is 11.5 Å². The molecular formula is C28H25N3. The second kappa shape index (κ2) is 7.51. The van der Waals surface area contributed by atoms with Crippen LogP contribution in [0.2, 0.25) is 0 Å². The molecule has 0 aliphatic rings. The van der Waals surface area contributed by atoms with Gasteiger partial charge in [-0.25, -0.2) is 0 Å². The molecule has 0 aliphatic heterocycles. The maximum absolute atomic E-state index is 4.61. The summed E-state index contributed by atoms with van der Waals surface area (Å²) >= 11 is 0. The van der Waals surface area contributed by atoms with Gasteiger partial charge >= 0.3 is 0 Å². The molecule has 0 amide bonds. The van der Waals surface area contributed by atoms with Gasteiger partial charge in [-0.15, -0.1) is 10.2 Å². The molecule has 0 saturated heterocycles. The highest BCUT2D eigenvalue weighted by Gasteiger charge is 2.16. The molecule has 152 valence electrons. The van der Waals surface area contributed by atoms with E-state index in [2.05, 4.69) is 103 Å². The lowest BCUT2D eigenvalue weighted by atomic mass is 9.97. The highest BCUT2D eigenvalue weighted by Crippen LogP contribution is 2.33. The average molecular weight is 404 g/mol. The number of hydrogen-bond donors (Lipinski definition) is 0. The summed E-state index contributed by atoms with van der Waals surface area (Å²) in [6.45, 7) is 8.57. The minimum atomic E-state index is 0.854. The first-order valence-corrected chi connectivity index (χ1v) is 10.6. The third-order valence-corrected chi connectivity index (χ3v) is 5.62. The number of fused-ring (bicyclic) bond motifs is 1. The second-order valence-electron chi connectivity index (χ2n) is 8.48. The van der Waals surface area contributed by atoms with Crippen molar-refractivity contribution in [1.29, 1.82) is 0 Å². The number of aryl methyl sites for hydroxylation is 4. The van der Waals surface area contributed by atoms with Crippen LogP contribution in [-0.2, 0) is 0 Å². The Kier molecular flexibility index (Phi) is 4.67. The van der Waals surface area contributed by atoms with Crippen LogP contribution in [0.5, 0.6) is 0 Å². The van der Waals surface area contributed by atoms with Crippen molar-refractivity contribution in [2.45, 2.75) is 27.7 Å². The van der Waals surface area contributed by atoms with Gasteiger partial charge in [-0.1, -0.05) is 89.0 Å². The van der Waals surface area contributed by atoms with Gasteiger partial charge < -0.3 is 0 Å². The minimum Gasteiger partial charge on any atom is -0.281 e. The minimum absolute atomic E-state index is 0.854. The standard InChI is InChI=1S/C28H25N3/c1-18-10-19(2)13-23(12-18)25-16-26(24-14-20(3)11-21(4)15-24)28-30-29-27(31(28)17-25)22-8-6-5-7-9-22/h5-17H,1-4H3. The SMILES string of the molecule is Cc1cc(C)cc(-c2cc(-c3cc(C)cc(C)c3)c3nnc(-c4ccccc4)n3c2)c1. The maximum Gasteiger partial charge on any atom is 0.169 e. The Hall–Kier alpha value is -3.72. The first kappa shape index (κ1) is 19.3. The second-order valence-corrected chi connectivity index (χ2v) is 8.48. The number of nitrogens with zero attached hydrogens (tertiary/aromatic N) is 3. The number of hydrogen-bond acceptors (Lipinski definition) is 2. The van der Waals surface area contributed by atoms with E-state index in [4.69, 9.17) is 0 Å². The summed E-state index contributed by atoms with van der Waals surface area (Å²) in [4.78, 5) is 0. The monoisotopic (exact) mass is 403 g/mol. The molecule has 3 heteroatoms. The molecule has 31 heavy (non-hydrogen) atoms. The first-order chi connectivity index (χ1) is 15.0. The van der Waals surface area contributed by atoms with Gasteiger partial charge in [-0.3, -0.25) is 4.40 Å². The Morgan fingerprint density at radius 3 is 1.74 bits per heavy atom. The molecule has 0 saturated carbocycles. The fourth-order valence-corrected chi connectivity index (χ4v) is 4.42. The quantitative estimate of drug-likeness (QED) is 0.326. The predicted octanol–water partition coefficient (Wildman–Crippen LogP) is 6.96. The fraction of sp³-hybridized carbons (Fsp3) is 0.143. The summed E-state index contributed by atoms with van der Waals surface area (Å²) in [5, 5.41) is 9.19. The van der Waals surface area contributed by atoms with Gasteiger partial charge in [0.25, 0.3) is 0 Å². The lowest BCUT2D eigenvalue weighted by Gasteiger charge is -2.12. The van der Waals surface area contributed by atoms with Crippen molar-refractivity contribution in [3.8, 4) is 33.6 Å². The Bertz CT molecular complexity index is 1370. The molecular weight excluding hydrogens is 378 g/mol. The van der Waals surface area contributed by atoms with E-state index in [0.29, 0.717) is 0 Å². The summed E-state index contributed by atoms with van der Waals surface area (Å²) in [6.07, 6.45) is 2.16. The number of pyridine rings is 1. The Morgan fingerprint density at radius 2 is 1.13 bits per heavy atom. The first-order valence-electron chi connectivity index (χ1n) is 10.6. The van der Waals surface area contributed by atoms with E-state index in [-0.39, 0.29) is 0 Å². The van der Waals surface area contributed by atoms with E-state index in [9.17, 15) is 0 Å². The number of aromatic nitrogens is 3. The molecule has 0 radical (unpaired) electrons. The van der Waals surface area contributed by atoms with Crippen molar-refractivity contribution >= 4 is 5.65 Å². The summed E-state index contributed by atoms with van der Waals surface area (Å²) in [5.41, 5.74) is 11.6. The summed E-state index contributed by atoms with van der Waals surface area (Å²) in [5.74, 6) is 0.854. The molecule has 0 atom stereocenters. The van der Waals surface area contributed by atoms with E-state index in [1.165, 1.54) is 33.4 Å². The highest BCUT2D eigenvalue weighted by atomic mass is 15.2. The van der Waals surface area contributed by atoms with Gasteiger partial charge in [0, 0.05) is 17.3 Å². The van der Waals surface area contributed by atoms with E-state index < -0.39 is 0 Å². The summed E-state index contributed by atoms with van der Waals surface area (Å²) in [7, 11) is 0. The molecule has 3 nitrogen and oxygen atoms in total. The van der Waals surface area contributed by atoms with Gasteiger partial charge in [0.1, 0.15) is 0 Å². The van der Waals surface area contributed by atoms with E-state index in [0.717, 1.165) is 28.2 Å². The average Bonchev–Trinajstić information content (AvgIpc) is 3.16. The Labute approximate surface area is 183 Å². The zero-order valence-electron chi connectivity index (χ0n) is 18.3. The number of rotatable bonds is 3. The Balaban J connectivity index is 1.84. The van der Waals surface area contributed by atoms with Crippen LogP contribution in [0.4, 0.5) is 0 Å². The maximum atomic E-state index is 4.61. The third-order valence-electron chi connectivity index (χ3n) is 5.62. The van der Waals surface area contributed by atoms with Crippen LogP contribution in [0.3, 0.4) is 0 Å². The normalized spacial score (nSPS) is 11.2. The molecule has 5 aromatic rings. The third kappa shape index (κ3) is 3.64. The molecule has 0 N–H and O–H groups in total. The molecule has 0 spiro atoms. The van der Waals surface area contributed by atoms with Crippen molar-refractivity contribution in [3.05, 3.63) is 101 Å². The smallest absolute Gasteiger partial charge is 0.169 e. The van der Waals surface area contributed by atoms with E-state index in [1.54, 1.807) is 0 Å². The van der Waals surface area contributed by atoms with Gasteiger partial charge in [0.2, 0.25) is 0 Å².